The van der Waals surface area contributed by atoms with Crippen molar-refractivity contribution in [2.75, 3.05) is 5.32 Å². The van der Waals surface area contributed by atoms with Crippen molar-refractivity contribution >= 4 is 28.5 Å². The summed E-state index contributed by atoms with van der Waals surface area (Å²) in [5.74, 6) is -2.08. The molecule has 1 aliphatic rings. The third-order valence-electron chi connectivity index (χ3n) is 4.28. The Kier molecular flexibility index (Phi) is 3.60. The first-order valence-corrected chi connectivity index (χ1v) is 7.48. The van der Waals surface area contributed by atoms with Gasteiger partial charge in [-0.25, -0.2) is 0 Å². The number of aliphatic carboxylic acids is 1. The Labute approximate surface area is 128 Å². The molecule has 1 aromatic carbocycles. The minimum Gasteiger partial charge on any atom is -0.481 e. The summed E-state index contributed by atoms with van der Waals surface area (Å²) >= 11 is 0. The maximum atomic E-state index is 12.2. The van der Waals surface area contributed by atoms with Gasteiger partial charge in [0.2, 0.25) is 5.91 Å². The number of carboxylic acid groups (broad SMARTS) is 1. The van der Waals surface area contributed by atoms with Gasteiger partial charge in [-0.3, -0.25) is 14.3 Å². The van der Waals surface area contributed by atoms with Gasteiger partial charge in [0.15, 0.2) is 0 Å². The monoisotopic (exact) mass is 301 g/mol. The molecule has 6 nitrogen and oxygen atoms in total. The zero-order chi connectivity index (χ0) is 15.9. The quantitative estimate of drug-likeness (QED) is 0.909. The van der Waals surface area contributed by atoms with Gasteiger partial charge in [0.25, 0.3) is 0 Å². The van der Waals surface area contributed by atoms with E-state index in [1.54, 1.807) is 6.20 Å². The van der Waals surface area contributed by atoms with Crippen molar-refractivity contribution in [2.45, 2.75) is 32.7 Å². The molecule has 3 rings (SSSR count). The van der Waals surface area contributed by atoms with E-state index in [1.807, 2.05) is 36.7 Å². The lowest BCUT2D eigenvalue weighted by molar-refractivity contribution is -0.151. The lowest BCUT2D eigenvalue weighted by Crippen LogP contribution is -2.41. The predicted molar refractivity (Wildman–Crippen MR) is 82.6 cm³/mol. The lowest BCUT2D eigenvalue weighted by atomic mass is 9.73. The highest BCUT2D eigenvalue weighted by Crippen LogP contribution is 2.35. The smallest absolute Gasteiger partial charge is 0.307 e. The molecule has 1 aromatic heterocycles. The lowest BCUT2D eigenvalue weighted by Gasteiger charge is -2.31. The average molecular weight is 301 g/mol. The Morgan fingerprint density at radius 3 is 2.64 bits per heavy atom. The van der Waals surface area contributed by atoms with E-state index in [0.29, 0.717) is 18.5 Å². The molecule has 1 amide bonds. The van der Waals surface area contributed by atoms with Crippen LogP contribution in [0.5, 0.6) is 0 Å². The van der Waals surface area contributed by atoms with Gasteiger partial charge in [-0.15, -0.1) is 0 Å². The first-order valence-electron chi connectivity index (χ1n) is 7.48. The number of hydrogen-bond donors (Lipinski definition) is 2. The maximum Gasteiger partial charge on any atom is 0.307 e. The number of carbonyl (C=O) groups is 2. The number of nitrogens with one attached hydrogen (secondary N) is 1. The summed E-state index contributed by atoms with van der Waals surface area (Å²) in [5, 5.41) is 17.2. The van der Waals surface area contributed by atoms with E-state index in [4.69, 9.17) is 5.11 Å². The molecule has 2 atom stereocenters. The fourth-order valence-electron chi connectivity index (χ4n) is 2.87. The fraction of sp³-hybridized carbons (Fsp3) is 0.438. The molecular formula is C16H19N3O3. The maximum absolute atomic E-state index is 12.2. The van der Waals surface area contributed by atoms with Gasteiger partial charge < -0.3 is 10.4 Å². The molecule has 1 saturated carbocycles. The van der Waals surface area contributed by atoms with Crippen LogP contribution in [0, 0.1) is 11.8 Å². The minimum absolute atomic E-state index is 0.214. The van der Waals surface area contributed by atoms with E-state index >= 15 is 0 Å². The molecule has 22 heavy (non-hydrogen) atoms. The summed E-state index contributed by atoms with van der Waals surface area (Å²) in [6.45, 7) is 4.09. The second-order valence-corrected chi connectivity index (χ2v) is 6.07. The molecule has 1 heterocycles. The summed E-state index contributed by atoms with van der Waals surface area (Å²) in [6, 6.07) is 5.84. The normalized spacial score (nSPS) is 20.9. The van der Waals surface area contributed by atoms with Crippen LogP contribution in [0.4, 0.5) is 5.69 Å². The standard InChI is InChI=1S/C16H19N3O3/c1-9(2)19-14-7-11(4-3-10(14)8-17-19)18-15(20)12-5-6-13(12)16(21)22/h3-4,7-9,12-13H,5-6H2,1-2H3,(H,18,20)(H,21,22). The van der Waals surface area contributed by atoms with E-state index in [0.717, 1.165) is 10.9 Å². The molecule has 0 aliphatic heterocycles. The molecule has 0 bridgehead atoms. The number of carbonyl (C=O) groups excluding carboxylic acids is 1. The summed E-state index contributed by atoms with van der Waals surface area (Å²) in [7, 11) is 0. The van der Waals surface area contributed by atoms with Gasteiger partial charge in [-0.1, -0.05) is 0 Å². The number of hydrogen-bond acceptors (Lipinski definition) is 3. The number of benzene rings is 1. The second-order valence-electron chi connectivity index (χ2n) is 6.07. The molecule has 116 valence electrons. The summed E-state index contributed by atoms with van der Waals surface area (Å²) in [5.41, 5.74) is 1.63. The van der Waals surface area contributed by atoms with E-state index < -0.39 is 17.8 Å². The molecule has 0 radical (unpaired) electrons. The Morgan fingerprint density at radius 2 is 2.05 bits per heavy atom. The Hall–Kier alpha value is -2.37. The van der Waals surface area contributed by atoms with Crippen molar-refractivity contribution in [2.24, 2.45) is 11.8 Å². The largest absolute Gasteiger partial charge is 0.481 e. The molecule has 0 saturated heterocycles. The average Bonchev–Trinajstić information content (AvgIpc) is 2.79. The Balaban J connectivity index is 1.80. The molecule has 0 spiro atoms. The molecule has 1 fully saturated rings. The summed E-state index contributed by atoms with van der Waals surface area (Å²) in [4.78, 5) is 23.2. The third kappa shape index (κ3) is 2.45. The van der Waals surface area contributed by atoms with E-state index in [2.05, 4.69) is 10.4 Å². The van der Waals surface area contributed by atoms with Crippen LogP contribution in [0.1, 0.15) is 32.7 Å². The molecule has 1 aliphatic carbocycles. The zero-order valence-corrected chi connectivity index (χ0v) is 12.6. The van der Waals surface area contributed by atoms with Crippen molar-refractivity contribution < 1.29 is 14.7 Å². The van der Waals surface area contributed by atoms with E-state index in [1.165, 1.54) is 0 Å². The fourth-order valence-corrected chi connectivity index (χ4v) is 2.87. The van der Waals surface area contributed by atoms with Gasteiger partial charge in [-0.2, -0.15) is 5.10 Å². The van der Waals surface area contributed by atoms with Crippen LogP contribution in [0.25, 0.3) is 10.9 Å². The molecule has 2 unspecified atom stereocenters. The van der Waals surface area contributed by atoms with Gasteiger partial charge in [0, 0.05) is 17.1 Å². The van der Waals surface area contributed by atoms with Crippen molar-refractivity contribution in [3.05, 3.63) is 24.4 Å². The van der Waals surface area contributed by atoms with Crippen LogP contribution in [0.15, 0.2) is 24.4 Å². The van der Waals surface area contributed by atoms with Crippen LogP contribution >= 0.6 is 0 Å². The number of nitrogens with zero attached hydrogens (tertiary/aromatic N) is 2. The number of carboxylic acids is 1. The Morgan fingerprint density at radius 1 is 1.32 bits per heavy atom. The predicted octanol–water partition coefficient (Wildman–Crippen LogP) is 2.67. The van der Waals surface area contributed by atoms with Crippen molar-refractivity contribution in [3.63, 3.8) is 0 Å². The highest BCUT2D eigenvalue weighted by Gasteiger charge is 2.41. The van der Waals surface area contributed by atoms with Crippen LogP contribution in [0.3, 0.4) is 0 Å². The number of anilines is 1. The van der Waals surface area contributed by atoms with Crippen molar-refractivity contribution in [1.82, 2.24) is 9.78 Å². The van der Waals surface area contributed by atoms with Crippen LogP contribution in [-0.2, 0) is 9.59 Å². The van der Waals surface area contributed by atoms with Gasteiger partial charge in [-0.05, 0) is 44.9 Å². The van der Waals surface area contributed by atoms with Gasteiger partial charge >= 0.3 is 5.97 Å². The molecule has 2 N–H and O–H groups in total. The minimum atomic E-state index is -0.889. The Bertz CT molecular complexity index is 735. The van der Waals surface area contributed by atoms with Crippen LogP contribution in [-0.4, -0.2) is 26.8 Å². The van der Waals surface area contributed by atoms with Crippen LogP contribution in [0.2, 0.25) is 0 Å². The second kappa shape index (κ2) is 5.44. The van der Waals surface area contributed by atoms with Gasteiger partial charge in [0.1, 0.15) is 0 Å². The first-order chi connectivity index (χ1) is 10.5. The zero-order valence-electron chi connectivity index (χ0n) is 12.6. The summed E-state index contributed by atoms with van der Waals surface area (Å²) in [6.07, 6.45) is 3.01. The third-order valence-corrected chi connectivity index (χ3v) is 4.28. The first kappa shape index (κ1) is 14.6. The van der Waals surface area contributed by atoms with Crippen molar-refractivity contribution in [3.8, 4) is 0 Å². The SMILES string of the molecule is CC(C)n1ncc2ccc(NC(=O)C3CCC3C(=O)O)cc21. The number of amides is 1. The van der Waals surface area contributed by atoms with Crippen LogP contribution < -0.4 is 5.32 Å². The van der Waals surface area contributed by atoms with E-state index in [-0.39, 0.29) is 11.9 Å². The van der Waals surface area contributed by atoms with E-state index in [9.17, 15) is 9.59 Å². The van der Waals surface area contributed by atoms with Crippen molar-refractivity contribution in [1.29, 1.82) is 0 Å². The number of rotatable bonds is 4. The molecular weight excluding hydrogens is 282 g/mol. The molecule has 2 aromatic rings. The summed E-state index contributed by atoms with van der Waals surface area (Å²) < 4.78 is 1.90. The highest BCUT2D eigenvalue weighted by molar-refractivity contribution is 5.97. The highest BCUT2D eigenvalue weighted by atomic mass is 16.4. The van der Waals surface area contributed by atoms with Gasteiger partial charge in [0.05, 0.1) is 23.5 Å². The molecule has 6 heteroatoms. The number of fused-ring (bicyclic) bond motifs is 1. The topological polar surface area (TPSA) is 84.2 Å². The number of aromatic nitrogens is 2.